The molecule has 0 aliphatic rings. The second-order valence-corrected chi connectivity index (χ2v) is 9.58. The average Bonchev–Trinajstić information content (AvgIpc) is 3.52. The lowest BCUT2D eigenvalue weighted by molar-refractivity contribution is 0.483. The van der Waals surface area contributed by atoms with Gasteiger partial charge >= 0.3 is 0 Å². The highest BCUT2D eigenvalue weighted by atomic mass is 16.5. The largest absolute Gasteiger partial charge is 0.457 e. The predicted molar refractivity (Wildman–Crippen MR) is 158 cm³/mol. The molecular weight excluding hydrogens is 482 g/mol. The van der Waals surface area contributed by atoms with Crippen molar-refractivity contribution in [2.45, 2.75) is 13.8 Å². The second-order valence-electron chi connectivity index (χ2n) is 9.58. The Hall–Kier alpha value is -4.97. The van der Waals surface area contributed by atoms with Crippen LogP contribution in [0.5, 0.6) is 11.5 Å². The van der Waals surface area contributed by atoms with Crippen molar-refractivity contribution in [2.24, 2.45) is 12.0 Å². The summed E-state index contributed by atoms with van der Waals surface area (Å²) in [6.07, 6.45) is 2.12. The molecule has 0 saturated heterocycles. The van der Waals surface area contributed by atoms with E-state index in [1.165, 1.54) is 0 Å². The first kappa shape index (κ1) is 23.2. The molecule has 7 rings (SSSR count). The van der Waals surface area contributed by atoms with E-state index in [0.29, 0.717) is 6.54 Å². The number of pyridine rings is 1. The molecule has 0 atom stereocenters. The zero-order valence-electron chi connectivity index (χ0n) is 22.1. The van der Waals surface area contributed by atoms with Crippen LogP contribution in [0.4, 0.5) is 0 Å². The maximum absolute atomic E-state index is 6.43. The van der Waals surface area contributed by atoms with Crippen molar-refractivity contribution >= 4 is 44.6 Å². The van der Waals surface area contributed by atoms with E-state index in [9.17, 15) is 0 Å². The Balaban J connectivity index is 1.38. The zero-order valence-corrected chi connectivity index (χ0v) is 22.1. The Kier molecular flexibility index (Phi) is 5.40. The SMILES string of the molecule is C/C=c1\c(=NCC)c2ccc(Oc3cccc(-c4nc5ccccc5n4C)c3)cc2c2nc3ccccc3n12. The fraction of sp³-hybridized carbons (Fsp3) is 0.121. The fourth-order valence-electron chi connectivity index (χ4n) is 5.50. The minimum atomic E-state index is 0.696. The van der Waals surface area contributed by atoms with Crippen molar-refractivity contribution in [2.75, 3.05) is 6.54 Å². The quantitative estimate of drug-likeness (QED) is 0.275. The Morgan fingerprint density at radius 2 is 1.54 bits per heavy atom. The molecular formula is C33H27N5O. The van der Waals surface area contributed by atoms with Crippen molar-refractivity contribution in [3.8, 4) is 22.9 Å². The first-order chi connectivity index (χ1) is 19.2. The molecule has 0 aliphatic carbocycles. The summed E-state index contributed by atoms with van der Waals surface area (Å²) in [5, 5.41) is 4.10. The molecule has 190 valence electrons. The normalized spacial score (nSPS) is 12.9. The van der Waals surface area contributed by atoms with Gasteiger partial charge < -0.3 is 9.30 Å². The van der Waals surface area contributed by atoms with Crippen molar-refractivity contribution in [3.05, 3.63) is 102 Å². The number of aromatic nitrogens is 4. The number of fused-ring (bicyclic) bond motifs is 6. The van der Waals surface area contributed by atoms with Crippen LogP contribution < -0.4 is 15.4 Å². The van der Waals surface area contributed by atoms with Gasteiger partial charge in [0.1, 0.15) is 23.0 Å². The molecule has 0 N–H and O–H groups in total. The molecule has 0 bridgehead atoms. The third-order valence-electron chi connectivity index (χ3n) is 7.24. The lowest BCUT2D eigenvalue weighted by Crippen LogP contribution is -2.32. The van der Waals surface area contributed by atoms with Gasteiger partial charge in [-0.2, -0.15) is 0 Å². The van der Waals surface area contributed by atoms with E-state index < -0.39 is 0 Å². The van der Waals surface area contributed by atoms with Crippen LogP contribution in [-0.4, -0.2) is 25.5 Å². The van der Waals surface area contributed by atoms with Crippen LogP contribution in [0.15, 0.2) is 96.0 Å². The maximum atomic E-state index is 6.43. The molecule has 39 heavy (non-hydrogen) atoms. The molecule has 3 heterocycles. The smallest absolute Gasteiger partial charge is 0.146 e. The Labute approximate surface area is 225 Å². The van der Waals surface area contributed by atoms with Gasteiger partial charge in [-0.05, 0) is 68.4 Å². The minimum Gasteiger partial charge on any atom is -0.457 e. The lowest BCUT2D eigenvalue weighted by atomic mass is 10.1. The molecule has 0 spiro atoms. The summed E-state index contributed by atoms with van der Waals surface area (Å²) in [5.41, 5.74) is 5.99. The van der Waals surface area contributed by atoms with Gasteiger partial charge in [0.15, 0.2) is 0 Å². The summed E-state index contributed by atoms with van der Waals surface area (Å²) < 4.78 is 10.8. The van der Waals surface area contributed by atoms with E-state index in [0.717, 1.165) is 72.1 Å². The first-order valence-corrected chi connectivity index (χ1v) is 13.2. The number of rotatable bonds is 4. The molecule has 0 saturated carbocycles. The highest BCUT2D eigenvalue weighted by Gasteiger charge is 2.14. The van der Waals surface area contributed by atoms with Gasteiger partial charge in [0.25, 0.3) is 0 Å². The molecule has 4 aromatic carbocycles. The topological polar surface area (TPSA) is 56.7 Å². The summed E-state index contributed by atoms with van der Waals surface area (Å²) >= 11 is 0. The van der Waals surface area contributed by atoms with E-state index in [4.69, 9.17) is 19.7 Å². The number of hydrogen-bond acceptors (Lipinski definition) is 4. The van der Waals surface area contributed by atoms with Gasteiger partial charge in [0.05, 0.1) is 32.8 Å². The Morgan fingerprint density at radius 3 is 2.31 bits per heavy atom. The molecule has 0 fully saturated rings. The summed E-state index contributed by atoms with van der Waals surface area (Å²) in [7, 11) is 2.04. The third-order valence-corrected chi connectivity index (χ3v) is 7.24. The highest BCUT2D eigenvalue weighted by Crippen LogP contribution is 2.31. The highest BCUT2D eigenvalue weighted by molar-refractivity contribution is 5.99. The summed E-state index contributed by atoms with van der Waals surface area (Å²) in [6.45, 7) is 4.82. The second kappa shape index (κ2) is 9.10. The van der Waals surface area contributed by atoms with Crippen LogP contribution in [0.1, 0.15) is 13.8 Å². The molecule has 0 amide bonds. The average molecular weight is 510 g/mol. The van der Waals surface area contributed by atoms with Crippen LogP contribution >= 0.6 is 0 Å². The van der Waals surface area contributed by atoms with Crippen LogP contribution in [0, 0.1) is 0 Å². The monoisotopic (exact) mass is 509 g/mol. The van der Waals surface area contributed by atoms with Gasteiger partial charge in [-0.3, -0.25) is 9.39 Å². The van der Waals surface area contributed by atoms with Crippen LogP contribution in [0.25, 0.3) is 56.0 Å². The minimum absolute atomic E-state index is 0.696. The van der Waals surface area contributed by atoms with E-state index in [2.05, 4.69) is 65.3 Å². The Morgan fingerprint density at radius 1 is 0.795 bits per heavy atom. The summed E-state index contributed by atoms with van der Waals surface area (Å²) in [5.74, 6) is 2.40. The first-order valence-electron chi connectivity index (χ1n) is 13.2. The maximum Gasteiger partial charge on any atom is 0.146 e. The standard InChI is InChI=1S/C33H27N5O/c1-4-28-31(34-5-2)24-18-17-23(20-25(24)33-36-27-14-7-9-16-30(27)38(28)33)39-22-12-10-11-21(19-22)32-35-26-13-6-8-15-29(26)37(32)3/h4,6-20H,5H2,1-3H3/b28-4+,34-31?. The fourth-order valence-corrected chi connectivity index (χ4v) is 5.50. The number of imidazole rings is 2. The number of benzene rings is 4. The molecule has 0 radical (unpaired) electrons. The van der Waals surface area contributed by atoms with Gasteiger partial charge in [-0.15, -0.1) is 0 Å². The molecule has 3 aromatic heterocycles. The number of nitrogens with zero attached hydrogens (tertiary/aromatic N) is 5. The molecule has 0 aliphatic heterocycles. The van der Waals surface area contributed by atoms with E-state index in [-0.39, 0.29) is 0 Å². The number of hydrogen-bond donors (Lipinski definition) is 0. The van der Waals surface area contributed by atoms with Crippen molar-refractivity contribution < 1.29 is 4.74 Å². The van der Waals surface area contributed by atoms with Crippen molar-refractivity contribution in [1.29, 1.82) is 0 Å². The Bertz CT molecular complexity index is 2170. The summed E-state index contributed by atoms with van der Waals surface area (Å²) in [6, 6.07) is 30.7. The molecule has 0 unspecified atom stereocenters. The van der Waals surface area contributed by atoms with E-state index in [1.807, 2.05) is 61.6 Å². The number of ether oxygens (including phenoxy) is 1. The third kappa shape index (κ3) is 3.67. The van der Waals surface area contributed by atoms with Crippen molar-refractivity contribution in [3.63, 3.8) is 0 Å². The van der Waals surface area contributed by atoms with Gasteiger partial charge in [-0.1, -0.05) is 42.5 Å². The zero-order chi connectivity index (χ0) is 26.5. The predicted octanol–water partition coefficient (Wildman–Crippen LogP) is 6.43. The van der Waals surface area contributed by atoms with Crippen LogP contribution in [0.2, 0.25) is 0 Å². The number of para-hydroxylation sites is 4. The molecule has 6 heteroatoms. The van der Waals surface area contributed by atoms with Gasteiger partial charge in [0, 0.05) is 29.9 Å². The van der Waals surface area contributed by atoms with Crippen molar-refractivity contribution in [1.82, 2.24) is 18.9 Å². The van der Waals surface area contributed by atoms with Gasteiger partial charge in [0.2, 0.25) is 0 Å². The van der Waals surface area contributed by atoms with E-state index in [1.54, 1.807) is 0 Å². The molecule has 6 nitrogen and oxygen atoms in total. The summed E-state index contributed by atoms with van der Waals surface area (Å²) in [4.78, 5) is 14.8. The van der Waals surface area contributed by atoms with E-state index >= 15 is 0 Å². The van der Waals surface area contributed by atoms with Crippen LogP contribution in [0.3, 0.4) is 0 Å². The van der Waals surface area contributed by atoms with Gasteiger partial charge in [-0.25, -0.2) is 9.97 Å². The molecule has 7 aromatic rings. The van der Waals surface area contributed by atoms with Crippen LogP contribution in [-0.2, 0) is 7.05 Å². The lowest BCUT2D eigenvalue weighted by Gasteiger charge is -2.10. The number of aryl methyl sites for hydroxylation is 1.